The topological polar surface area (TPSA) is 80.3 Å². The highest BCUT2D eigenvalue weighted by Crippen LogP contribution is 2.28. The van der Waals surface area contributed by atoms with Crippen molar-refractivity contribution >= 4 is 37.1 Å². The Morgan fingerprint density at radius 1 is 0.958 bits per heavy atom. The van der Waals surface area contributed by atoms with Crippen LogP contribution in [0.25, 0.3) is 0 Å². The van der Waals surface area contributed by atoms with Gasteiger partial charge in [-0.2, -0.15) is 0 Å². The molecule has 2 aromatic carbocycles. The highest BCUT2D eigenvalue weighted by molar-refractivity contribution is 7.93. The van der Waals surface area contributed by atoms with Gasteiger partial charge in [-0.25, -0.2) is 30.0 Å². The van der Waals surface area contributed by atoms with Gasteiger partial charge in [0.25, 0.3) is 10.0 Å². The molecule has 0 spiro atoms. The van der Waals surface area contributed by atoms with E-state index >= 15 is 0 Å². The van der Waals surface area contributed by atoms with Crippen LogP contribution in [0.15, 0.2) is 40.1 Å². The molecule has 0 bridgehead atoms. The van der Waals surface area contributed by atoms with Gasteiger partial charge in [-0.3, -0.25) is 4.72 Å². The van der Waals surface area contributed by atoms with Gasteiger partial charge in [-0.15, -0.1) is 0 Å². The Hall–Kier alpha value is -1.78. The number of hydrogen-bond donors (Lipinski definition) is 1. The van der Waals surface area contributed by atoms with Crippen molar-refractivity contribution in [3.63, 3.8) is 0 Å². The molecule has 2 rings (SSSR count). The summed E-state index contributed by atoms with van der Waals surface area (Å²) < 4.78 is 88.9. The molecule has 0 saturated carbocycles. The summed E-state index contributed by atoms with van der Waals surface area (Å²) in [6.45, 7) is 0. The van der Waals surface area contributed by atoms with Crippen LogP contribution in [0.4, 0.5) is 18.9 Å². The smallest absolute Gasteiger partial charge is 0.263 e. The molecule has 24 heavy (non-hydrogen) atoms. The van der Waals surface area contributed by atoms with Crippen LogP contribution >= 0.6 is 11.6 Å². The molecule has 11 heteroatoms. The average molecular weight is 400 g/mol. The highest BCUT2D eigenvalue weighted by Gasteiger charge is 2.24. The maximum absolute atomic E-state index is 13.6. The molecule has 0 amide bonds. The van der Waals surface area contributed by atoms with Crippen LogP contribution in [-0.2, 0) is 19.9 Å². The van der Waals surface area contributed by atoms with Crippen LogP contribution in [0.2, 0.25) is 5.02 Å². The standard InChI is InChI=1S/C13H9ClF3NO4S2/c1-23(19,20)7-2-3-8(14)11(6-7)24(21,22)18-10-5-4-9(15)12(16)13(10)17/h2-6,18H,1H3. The number of anilines is 1. The summed E-state index contributed by atoms with van der Waals surface area (Å²) in [7, 11) is -8.28. The zero-order valence-corrected chi connectivity index (χ0v) is 14.2. The van der Waals surface area contributed by atoms with E-state index in [9.17, 15) is 30.0 Å². The summed E-state index contributed by atoms with van der Waals surface area (Å²) >= 11 is 5.75. The fraction of sp³-hybridized carbons (Fsp3) is 0.0769. The van der Waals surface area contributed by atoms with E-state index in [1.54, 1.807) is 4.72 Å². The Balaban J connectivity index is 2.55. The van der Waals surface area contributed by atoms with Crippen molar-refractivity contribution in [3.05, 3.63) is 52.8 Å². The number of sulfonamides is 1. The van der Waals surface area contributed by atoms with Crippen LogP contribution in [0.1, 0.15) is 0 Å². The van der Waals surface area contributed by atoms with E-state index in [-0.39, 0.29) is 9.92 Å². The molecule has 0 aliphatic heterocycles. The summed E-state index contributed by atoms with van der Waals surface area (Å²) in [5.41, 5.74) is -0.852. The summed E-state index contributed by atoms with van der Waals surface area (Å²) in [6.07, 6.45) is 0.856. The van der Waals surface area contributed by atoms with E-state index in [1.807, 2.05) is 0 Å². The maximum atomic E-state index is 13.6. The van der Waals surface area contributed by atoms with Crippen molar-refractivity contribution in [2.45, 2.75) is 9.79 Å². The molecule has 0 atom stereocenters. The Kier molecular flexibility index (Phi) is 4.84. The minimum Gasteiger partial charge on any atom is -0.276 e. The summed E-state index contributed by atoms with van der Waals surface area (Å²) in [5.74, 6) is -5.09. The van der Waals surface area contributed by atoms with Gasteiger partial charge in [-0.05, 0) is 30.3 Å². The highest BCUT2D eigenvalue weighted by atomic mass is 35.5. The lowest BCUT2D eigenvalue weighted by Crippen LogP contribution is -2.16. The minimum atomic E-state index is -4.55. The van der Waals surface area contributed by atoms with Crippen molar-refractivity contribution in [2.24, 2.45) is 0 Å². The van der Waals surface area contributed by atoms with Gasteiger partial charge < -0.3 is 0 Å². The number of halogens is 4. The molecule has 0 aliphatic carbocycles. The lowest BCUT2D eigenvalue weighted by Gasteiger charge is -2.11. The SMILES string of the molecule is CS(=O)(=O)c1ccc(Cl)c(S(=O)(=O)Nc2ccc(F)c(F)c2F)c1. The molecular weight excluding hydrogens is 391 g/mol. The van der Waals surface area contributed by atoms with Crippen LogP contribution < -0.4 is 4.72 Å². The Morgan fingerprint density at radius 2 is 1.58 bits per heavy atom. The Labute approximate surface area is 141 Å². The molecule has 0 aromatic heterocycles. The average Bonchev–Trinajstić information content (AvgIpc) is 2.47. The van der Waals surface area contributed by atoms with Gasteiger partial charge in [0.2, 0.25) is 0 Å². The second-order valence-electron chi connectivity index (χ2n) is 4.69. The number of hydrogen-bond acceptors (Lipinski definition) is 4. The summed E-state index contributed by atoms with van der Waals surface area (Å²) in [6, 6.07) is 4.12. The van der Waals surface area contributed by atoms with Gasteiger partial charge in [0, 0.05) is 6.26 Å². The second-order valence-corrected chi connectivity index (χ2v) is 8.77. The molecular formula is C13H9ClF3NO4S2. The van der Waals surface area contributed by atoms with Crippen molar-refractivity contribution in [1.82, 2.24) is 0 Å². The van der Waals surface area contributed by atoms with E-state index in [2.05, 4.69) is 0 Å². The number of benzene rings is 2. The van der Waals surface area contributed by atoms with Crippen molar-refractivity contribution in [3.8, 4) is 0 Å². The van der Waals surface area contributed by atoms with E-state index in [1.165, 1.54) is 0 Å². The minimum absolute atomic E-state index is 0.335. The lowest BCUT2D eigenvalue weighted by atomic mass is 10.3. The summed E-state index contributed by atoms with van der Waals surface area (Å²) in [5, 5.41) is -0.335. The van der Waals surface area contributed by atoms with Crippen LogP contribution in [0.3, 0.4) is 0 Å². The Bertz CT molecular complexity index is 1020. The molecule has 0 aliphatic rings. The maximum Gasteiger partial charge on any atom is 0.263 e. The van der Waals surface area contributed by atoms with E-state index in [0.29, 0.717) is 12.1 Å². The third-order valence-electron chi connectivity index (χ3n) is 2.90. The fourth-order valence-electron chi connectivity index (χ4n) is 1.72. The van der Waals surface area contributed by atoms with E-state index < -0.39 is 47.9 Å². The third kappa shape index (κ3) is 3.65. The fourth-order valence-corrected chi connectivity index (χ4v) is 4.03. The van der Waals surface area contributed by atoms with Crippen LogP contribution in [0, 0.1) is 17.5 Å². The number of sulfone groups is 1. The third-order valence-corrected chi connectivity index (χ3v) is 5.86. The first-order valence-corrected chi connectivity index (χ1v) is 9.84. The van der Waals surface area contributed by atoms with Gasteiger partial charge in [0.1, 0.15) is 4.90 Å². The van der Waals surface area contributed by atoms with E-state index in [0.717, 1.165) is 24.5 Å². The van der Waals surface area contributed by atoms with Gasteiger partial charge in [0.15, 0.2) is 27.3 Å². The van der Waals surface area contributed by atoms with Crippen molar-refractivity contribution < 1.29 is 30.0 Å². The second kappa shape index (κ2) is 6.26. The zero-order chi connectivity index (χ0) is 18.3. The monoisotopic (exact) mass is 399 g/mol. The van der Waals surface area contributed by atoms with Gasteiger partial charge >= 0.3 is 0 Å². The van der Waals surface area contributed by atoms with Crippen molar-refractivity contribution in [1.29, 1.82) is 0 Å². The normalized spacial score (nSPS) is 12.2. The predicted octanol–water partition coefficient (Wildman–Crippen LogP) is 2.96. The first-order valence-electron chi connectivity index (χ1n) is 6.09. The van der Waals surface area contributed by atoms with Gasteiger partial charge in [0.05, 0.1) is 15.6 Å². The largest absolute Gasteiger partial charge is 0.276 e. The lowest BCUT2D eigenvalue weighted by molar-refractivity contribution is 0.449. The van der Waals surface area contributed by atoms with E-state index in [4.69, 9.17) is 11.6 Å². The first-order chi connectivity index (χ1) is 10.9. The molecule has 0 fully saturated rings. The molecule has 1 N–H and O–H groups in total. The molecule has 0 unspecified atom stereocenters. The summed E-state index contributed by atoms with van der Waals surface area (Å²) in [4.78, 5) is -0.991. The zero-order valence-electron chi connectivity index (χ0n) is 11.8. The number of rotatable bonds is 4. The molecule has 2 aromatic rings. The predicted molar refractivity (Wildman–Crippen MR) is 81.7 cm³/mol. The first kappa shape index (κ1) is 18.6. The molecule has 130 valence electrons. The molecule has 0 heterocycles. The molecule has 5 nitrogen and oxygen atoms in total. The Morgan fingerprint density at radius 3 is 2.17 bits per heavy atom. The van der Waals surface area contributed by atoms with Crippen LogP contribution in [0.5, 0.6) is 0 Å². The van der Waals surface area contributed by atoms with Crippen LogP contribution in [-0.4, -0.2) is 23.1 Å². The molecule has 0 radical (unpaired) electrons. The quantitative estimate of drug-likeness (QED) is 0.801. The molecule has 0 saturated heterocycles. The van der Waals surface area contributed by atoms with Crippen molar-refractivity contribution in [2.75, 3.05) is 11.0 Å². The number of nitrogens with one attached hydrogen (secondary N) is 1. The van der Waals surface area contributed by atoms with Gasteiger partial charge in [-0.1, -0.05) is 11.6 Å².